The van der Waals surface area contributed by atoms with Crippen LogP contribution in [0.15, 0.2) is 47.2 Å². The first-order chi connectivity index (χ1) is 13.8. The van der Waals surface area contributed by atoms with Crippen molar-refractivity contribution in [1.82, 2.24) is 10.3 Å². The van der Waals surface area contributed by atoms with Crippen molar-refractivity contribution in [3.8, 4) is 5.75 Å². The van der Waals surface area contributed by atoms with E-state index in [9.17, 15) is 22.8 Å². The lowest BCUT2D eigenvalue weighted by Crippen LogP contribution is -2.26. The van der Waals surface area contributed by atoms with Crippen molar-refractivity contribution in [2.75, 3.05) is 5.32 Å². The second kappa shape index (κ2) is 9.05. The Morgan fingerprint density at radius 2 is 1.90 bits per heavy atom. The van der Waals surface area contributed by atoms with E-state index in [0.717, 1.165) is 0 Å². The summed E-state index contributed by atoms with van der Waals surface area (Å²) < 4.78 is 41.3. The molecule has 0 fully saturated rings. The number of thiophene rings is 1. The van der Waals surface area contributed by atoms with Crippen LogP contribution in [0.5, 0.6) is 5.75 Å². The quantitative estimate of drug-likeness (QED) is 0.576. The number of aromatic nitrogens is 1. The zero-order valence-electron chi connectivity index (χ0n) is 14.7. The fourth-order valence-corrected chi connectivity index (χ4v) is 3.63. The molecule has 29 heavy (non-hydrogen) atoms. The zero-order valence-corrected chi connectivity index (χ0v) is 16.3. The van der Waals surface area contributed by atoms with Gasteiger partial charge in [-0.25, -0.2) is 4.98 Å². The average Bonchev–Trinajstić information content (AvgIpc) is 3.32. The van der Waals surface area contributed by atoms with Crippen LogP contribution in [-0.4, -0.2) is 23.2 Å². The van der Waals surface area contributed by atoms with Gasteiger partial charge in [0, 0.05) is 17.5 Å². The lowest BCUT2D eigenvalue weighted by Gasteiger charge is -2.13. The highest BCUT2D eigenvalue weighted by Gasteiger charge is 2.32. The number of nitrogens with one attached hydrogen (secondary N) is 2. The molecule has 2 heterocycles. The van der Waals surface area contributed by atoms with E-state index in [1.165, 1.54) is 40.9 Å². The molecule has 0 atom stereocenters. The van der Waals surface area contributed by atoms with Gasteiger partial charge in [-0.05, 0) is 17.5 Å². The van der Waals surface area contributed by atoms with Crippen molar-refractivity contribution >= 4 is 39.6 Å². The molecule has 2 N–H and O–H groups in total. The largest absolute Gasteiger partial charge is 0.573 e. The molecule has 11 heteroatoms. The van der Waals surface area contributed by atoms with Gasteiger partial charge in [0.25, 0.3) is 5.91 Å². The van der Waals surface area contributed by atoms with E-state index < -0.39 is 12.3 Å². The summed E-state index contributed by atoms with van der Waals surface area (Å²) in [6.07, 6.45) is -4.89. The molecule has 0 radical (unpaired) electrons. The van der Waals surface area contributed by atoms with E-state index in [4.69, 9.17) is 0 Å². The van der Waals surface area contributed by atoms with Crippen molar-refractivity contribution in [3.63, 3.8) is 0 Å². The van der Waals surface area contributed by atoms with Gasteiger partial charge >= 0.3 is 6.36 Å². The van der Waals surface area contributed by atoms with Crippen molar-refractivity contribution in [1.29, 1.82) is 0 Å². The number of amides is 2. The number of hydrogen-bond acceptors (Lipinski definition) is 6. The predicted octanol–water partition coefficient (Wildman–Crippen LogP) is 4.21. The Kier molecular flexibility index (Phi) is 6.49. The molecule has 2 amide bonds. The number of carbonyl (C=O) groups excluding carboxylic acids is 2. The fourth-order valence-electron chi connectivity index (χ4n) is 2.31. The minimum atomic E-state index is -4.81. The van der Waals surface area contributed by atoms with Crippen LogP contribution in [0, 0.1) is 0 Å². The second-order valence-electron chi connectivity index (χ2n) is 5.68. The molecule has 0 aliphatic heterocycles. The molecule has 0 spiro atoms. The van der Waals surface area contributed by atoms with Gasteiger partial charge in [0.1, 0.15) is 5.75 Å². The third-order valence-electron chi connectivity index (χ3n) is 3.53. The van der Waals surface area contributed by atoms with Crippen molar-refractivity contribution in [2.45, 2.75) is 19.3 Å². The van der Waals surface area contributed by atoms with Crippen LogP contribution in [0.1, 0.15) is 20.9 Å². The highest BCUT2D eigenvalue weighted by Crippen LogP contribution is 2.26. The summed E-state index contributed by atoms with van der Waals surface area (Å²) in [4.78, 5) is 28.8. The van der Waals surface area contributed by atoms with Crippen LogP contribution in [0.4, 0.5) is 18.3 Å². The maximum absolute atomic E-state index is 12.4. The number of halogens is 3. The van der Waals surface area contributed by atoms with Gasteiger partial charge in [0.05, 0.1) is 17.0 Å². The number of benzene rings is 1. The Morgan fingerprint density at radius 1 is 1.10 bits per heavy atom. The SMILES string of the molecule is O=C(Cc1csc(NC(=O)c2cccs2)n1)NCc1ccccc1OC(F)(F)F. The number of nitrogens with zero attached hydrogens (tertiary/aromatic N) is 1. The number of hydrogen-bond donors (Lipinski definition) is 2. The van der Waals surface area contributed by atoms with Gasteiger partial charge in [0.15, 0.2) is 5.13 Å². The highest BCUT2D eigenvalue weighted by molar-refractivity contribution is 7.14. The minimum absolute atomic E-state index is 0.0757. The maximum atomic E-state index is 12.4. The molecule has 0 unspecified atom stereocenters. The molecule has 0 bridgehead atoms. The Bertz CT molecular complexity index is 988. The van der Waals surface area contributed by atoms with E-state index in [1.54, 1.807) is 29.0 Å². The number of thiazole rings is 1. The first-order valence-corrected chi connectivity index (χ1v) is 9.96. The summed E-state index contributed by atoms with van der Waals surface area (Å²) in [6.45, 7) is -0.128. The van der Waals surface area contributed by atoms with Gasteiger partial charge in [-0.15, -0.1) is 35.8 Å². The smallest absolute Gasteiger partial charge is 0.405 e. The Hall–Kier alpha value is -2.92. The van der Waals surface area contributed by atoms with E-state index in [2.05, 4.69) is 20.4 Å². The number of ether oxygens (including phenoxy) is 1. The number of para-hydroxylation sites is 1. The molecule has 152 valence electrons. The van der Waals surface area contributed by atoms with Gasteiger partial charge in [0.2, 0.25) is 5.91 Å². The normalized spacial score (nSPS) is 11.1. The van der Waals surface area contributed by atoms with Gasteiger partial charge in [-0.3, -0.25) is 14.9 Å². The van der Waals surface area contributed by atoms with Crippen LogP contribution < -0.4 is 15.4 Å². The fraction of sp³-hybridized carbons (Fsp3) is 0.167. The molecule has 0 saturated heterocycles. The lowest BCUT2D eigenvalue weighted by atomic mass is 10.2. The van der Waals surface area contributed by atoms with E-state index in [-0.39, 0.29) is 30.2 Å². The Labute approximate surface area is 171 Å². The van der Waals surface area contributed by atoms with Crippen LogP contribution in [0.3, 0.4) is 0 Å². The van der Waals surface area contributed by atoms with Gasteiger partial charge in [-0.1, -0.05) is 24.3 Å². The minimum Gasteiger partial charge on any atom is -0.405 e. The topological polar surface area (TPSA) is 80.3 Å². The molecular weight excluding hydrogens is 427 g/mol. The summed E-state index contributed by atoms with van der Waals surface area (Å²) in [6, 6.07) is 9.01. The molecule has 2 aromatic heterocycles. The van der Waals surface area contributed by atoms with Crippen molar-refractivity contribution in [3.05, 3.63) is 63.3 Å². The zero-order chi connectivity index (χ0) is 20.9. The summed E-state index contributed by atoms with van der Waals surface area (Å²) in [5.74, 6) is -1.08. The van der Waals surface area contributed by atoms with Crippen LogP contribution in [0.2, 0.25) is 0 Å². The van der Waals surface area contributed by atoms with E-state index in [1.807, 2.05) is 0 Å². The predicted molar refractivity (Wildman–Crippen MR) is 103 cm³/mol. The van der Waals surface area contributed by atoms with Gasteiger partial charge < -0.3 is 10.1 Å². The standard InChI is InChI=1S/C18H14F3N3O3S2/c19-18(20,21)27-13-5-2-1-4-11(13)9-22-15(25)8-12-10-29-17(23-12)24-16(26)14-6-3-7-28-14/h1-7,10H,8-9H2,(H,22,25)(H,23,24,26). The second-order valence-corrected chi connectivity index (χ2v) is 7.49. The molecule has 3 aromatic rings. The van der Waals surface area contributed by atoms with E-state index >= 15 is 0 Å². The molecule has 6 nitrogen and oxygen atoms in total. The first-order valence-electron chi connectivity index (χ1n) is 8.20. The first kappa shape index (κ1) is 20.8. The lowest BCUT2D eigenvalue weighted by molar-refractivity contribution is -0.274. The summed E-state index contributed by atoms with van der Waals surface area (Å²) in [5.41, 5.74) is 0.633. The van der Waals surface area contributed by atoms with Crippen molar-refractivity contribution in [2.24, 2.45) is 0 Å². The van der Waals surface area contributed by atoms with Crippen molar-refractivity contribution < 1.29 is 27.5 Å². The highest BCUT2D eigenvalue weighted by atomic mass is 32.1. The number of anilines is 1. The number of carbonyl (C=O) groups is 2. The Balaban J connectivity index is 1.53. The van der Waals surface area contributed by atoms with Crippen LogP contribution >= 0.6 is 22.7 Å². The number of alkyl halides is 3. The maximum Gasteiger partial charge on any atom is 0.573 e. The third-order valence-corrected chi connectivity index (χ3v) is 5.21. The van der Waals surface area contributed by atoms with Crippen LogP contribution in [0.25, 0.3) is 0 Å². The summed E-state index contributed by atoms with van der Waals surface area (Å²) in [5, 5.41) is 8.96. The Morgan fingerprint density at radius 3 is 2.62 bits per heavy atom. The molecule has 0 aliphatic rings. The molecule has 1 aromatic carbocycles. The summed E-state index contributed by atoms with van der Waals surface area (Å²) in [7, 11) is 0. The average molecular weight is 441 g/mol. The monoisotopic (exact) mass is 441 g/mol. The molecule has 0 saturated carbocycles. The van der Waals surface area contributed by atoms with Gasteiger partial charge in [-0.2, -0.15) is 0 Å². The van der Waals surface area contributed by atoms with E-state index in [0.29, 0.717) is 15.7 Å². The molecule has 0 aliphatic carbocycles. The third kappa shape index (κ3) is 6.29. The molecular formula is C18H14F3N3O3S2. The summed E-state index contributed by atoms with van der Waals surface area (Å²) >= 11 is 2.47. The number of rotatable bonds is 7. The van der Waals surface area contributed by atoms with Crippen LogP contribution in [-0.2, 0) is 17.8 Å². The molecule has 3 rings (SSSR count).